The van der Waals surface area contributed by atoms with Gasteiger partial charge >= 0.3 is 0 Å². The highest BCUT2D eigenvalue weighted by atomic mass is 79.9. The van der Waals surface area contributed by atoms with Gasteiger partial charge in [-0.15, -0.1) is 0 Å². The van der Waals surface area contributed by atoms with Gasteiger partial charge in [-0.1, -0.05) is 25.1 Å². The summed E-state index contributed by atoms with van der Waals surface area (Å²) < 4.78 is 6.60. The first-order chi connectivity index (χ1) is 9.79. The zero-order chi connectivity index (χ0) is 13.9. The molecular formula is C15H16BrN3O. The van der Waals surface area contributed by atoms with Crippen molar-refractivity contribution in [1.82, 2.24) is 9.97 Å². The Hall–Kier alpha value is -1.62. The van der Waals surface area contributed by atoms with E-state index in [0.717, 1.165) is 40.4 Å². The molecule has 4 nitrogen and oxygen atoms in total. The van der Waals surface area contributed by atoms with Crippen LogP contribution in [0.4, 0.5) is 5.82 Å². The Kier molecular flexibility index (Phi) is 3.87. The smallest absolute Gasteiger partial charge is 0.144 e. The molecule has 20 heavy (non-hydrogen) atoms. The van der Waals surface area contributed by atoms with Gasteiger partial charge in [-0.3, -0.25) is 0 Å². The Balaban J connectivity index is 1.92. The van der Waals surface area contributed by atoms with Gasteiger partial charge in [0.15, 0.2) is 0 Å². The van der Waals surface area contributed by atoms with Crippen LogP contribution in [0.15, 0.2) is 34.9 Å². The van der Waals surface area contributed by atoms with Crippen LogP contribution < -0.4 is 10.1 Å². The van der Waals surface area contributed by atoms with Crippen LogP contribution in [0, 0.1) is 0 Å². The number of halogens is 1. The van der Waals surface area contributed by atoms with E-state index in [9.17, 15) is 0 Å². The van der Waals surface area contributed by atoms with Gasteiger partial charge in [0.1, 0.15) is 24.0 Å². The number of ether oxygens (including phenoxy) is 1. The molecule has 1 aromatic heterocycles. The van der Waals surface area contributed by atoms with Gasteiger partial charge in [-0.25, -0.2) is 9.97 Å². The minimum Gasteiger partial charge on any atom is -0.492 e. The summed E-state index contributed by atoms with van der Waals surface area (Å²) in [6.45, 7) is 3.63. The second-order valence-electron chi connectivity index (χ2n) is 4.75. The second kappa shape index (κ2) is 5.79. The molecule has 0 aliphatic carbocycles. The molecule has 1 aliphatic rings. The van der Waals surface area contributed by atoms with E-state index in [0.29, 0.717) is 6.61 Å². The van der Waals surface area contributed by atoms with E-state index in [1.807, 2.05) is 18.2 Å². The molecule has 0 saturated heterocycles. The number of nitrogens with one attached hydrogen (secondary N) is 1. The van der Waals surface area contributed by atoms with Crippen molar-refractivity contribution >= 4 is 21.7 Å². The van der Waals surface area contributed by atoms with Crippen molar-refractivity contribution in [3.63, 3.8) is 0 Å². The molecule has 2 heterocycles. The van der Waals surface area contributed by atoms with E-state index >= 15 is 0 Å². The molecule has 1 atom stereocenters. The minimum absolute atomic E-state index is 0.112. The third kappa shape index (κ3) is 2.50. The summed E-state index contributed by atoms with van der Waals surface area (Å²) >= 11 is 3.48. The van der Waals surface area contributed by atoms with Gasteiger partial charge in [0.2, 0.25) is 0 Å². The van der Waals surface area contributed by atoms with Crippen molar-refractivity contribution in [2.45, 2.75) is 19.3 Å². The topological polar surface area (TPSA) is 47.0 Å². The number of aromatic nitrogens is 2. The number of hydrogen-bond donors (Lipinski definition) is 1. The predicted octanol–water partition coefficient (Wildman–Crippen LogP) is 3.59. The second-order valence-corrected chi connectivity index (χ2v) is 5.61. The molecule has 1 unspecified atom stereocenters. The van der Waals surface area contributed by atoms with Gasteiger partial charge in [-0.2, -0.15) is 0 Å². The van der Waals surface area contributed by atoms with Crippen molar-refractivity contribution in [2.75, 3.05) is 18.5 Å². The molecule has 1 aliphatic heterocycles. The van der Waals surface area contributed by atoms with Gasteiger partial charge in [0.25, 0.3) is 0 Å². The van der Waals surface area contributed by atoms with Crippen LogP contribution >= 0.6 is 15.9 Å². The number of nitrogens with zero attached hydrogens (tertiary/aromatic N) is 2. The molecule has 1 aromatic carbocycles. The van der Waals surface area contributed by atoms with Crippen LogP contribution in [0.25, 0.3) is 0 Å². The van der Waals surface area contributed by atoms with Gasteiger partial charge in [0, 0.05) is 18.3 Å². The van der Waals surface area contributed by atoms with Crippen LogP contribution in [0.5, 0.6) is 5.75 Å². The minimum atomic E-state index is 0.112. The van der Waals surface area contributed by atoms with Gasteiger partial charge in [0.05, 0.1) is 10.4 Å². The summed E-state index contributed by atoms with van der Waals surface area (Å²) in [6, 6.07) is 8.08. The van der Waals surface area contributed by atoms with Crippen LogP contribution in [0.1, 0.15) is 30.7 Å². The highest BCUT2D eigenvalue weighted by Gasteiger charge is 2.27. The first kappa shape index (κ1) is 13.4. The number of para-hydroxylation sites is 1. The number of fused-ring (bicyclic) bond motifs is 1. The van der Waals surface area contributed by atoms with Gasteiger partial charge in [-0.05, 0) is 28.4 Å². The molecule has 1 N–H and O–H groups in total. The predicted molar refractivity (Wildman–Crippen MR) is 82.3 cm³/mol. The standard InChI is InChI=1S/C15H16BrN3O/c1-2-7-17-15-12(16)8-18-14(19-15)11-9-20-13-6-4-3-5-10(11)13/h3-6,8,11H,2,7,9H2,1H3,(H,17,18,19). The van der Waals surface area contributed by atoms with Crippen LogP contribution in [0.3, 0.4) is 0 Å². The SMILES string of the molecule is CCCNc1nc(C2COc3ccccc32)ncc1Br. The third-order valence-corrected chi connectivity index (χ3v) is 3.90. The third-order valence-electron chi connectivity index (χ3n) is 3.32. The average molecular weight is 334 g/mol. The monoisotopic (exact) mass is 333 g/mol. The number of rotatable bonds is 4. The molecule has 104 valence electrons. The summed E-state index contributed by atoms with van der Waals surface area (Å²) in [7, 11) is 0. The zero-order valence-corrected chi connectivity index (χ0v) is 12.9. The quantitative estimate of drug-likeness (QED) is 0.928. The summed E-state index contributed by atoms with van der Waals surface area (Å²) in [5, 5.41) is 3.31. The molecule has 0 spiro atoms. The average Bonchev–Trinajstić information content (AvgIpc) is 2.90. The Morgan fingerprint density at radius 1 is 1.40 bits per heavy atom. The van der Waals surface area contributed by atoms with E-state index in [1.54, 1.807) is 6.20 Å². The lowest BCUT2D eigenvalue weighted by Gasteiger charge is -2.11. The molecule has 2 aromatic rings. The van der Waals surface area contributed by atoms with E-state index in [4.69, 9.17) is 4.74 Å². The maximum Gasteiger partial charge on any atom is 0.144 e. The van der Waals surface area contributed by atoms with E-state index in [-0.39, 0.29) is 5.92 Å². The molecule has 0 fully saturated rings. The maximum atomic E-state index is 5.70. The number of hydrogen-bond acceptors (Lipinski definition) is 4. The first-order valence-corrected chi connectivity index (χ1v) is 7.57. The Morgan fingerprint density at radius 3 is 3.10 bits per heavy atom. The van der Waals surface area contributed by atoms with Gasteiger partial charge < -0.3 is 10.1 Å². The van der Waals surface area contributed by atoms with Crippen LogP contribution in [0.2, 0.25) is 0 Å². The normalized spacial score (nSPS) is 16.6. The summed E-state index contributed by atoms with van der Waals surface area (Å²) in [4.78, 5) is 9.09. The summed E-state index contributed by atoms with van der Waals surface area (Å²) in [5.41, 5.74) is 1.16. The highest BCUT2D eigenvalue weighted by molar-refractivity contribution is 9.10. The largest absolute Gasteiger partial charge is 0.492 e. The fourth-order valence-corrected chi connectivity index (χ4v) is 2.62. The van der Waals surface area contributed by atoms with Crippen molar-refractivity contribution in [2.24, 2.45) is 0 Å². The fourth-order valence-electron chi connectivity index (χ4n) is 2.29. The summed E-state index contributed by atoms with van der Waals surface area (Å²) in [5.74, 6) is 2.70. The molecule has 0 saturated carbocycles. The first-order valence-electron chi connectivity index (χ1n) is 6.77. The van der Waals surface area contributed by atoms with Crippen LogP contribution in [-0.2, 0) is 0 Å². The molecule has 3 rings (SSSR count). The van der Waals surface area contributed by atoms with E-state index < -0.39 is 0 Å². The lowest BCUT2D eigenvalue weighted by atomic mass is 10.0. The zero-order valence-electron chi connectivity index (χ0n) is 11.3. The maximum absolute atomic E-state index is 5.70. The van der Waals surface area contributed by atoms with Crippen molar-refractivity contribution in [1.29, 1.82) is 0 Å². The fraction of sp³-hybridized carbons (Fsp3) is 0.333. The Bertz CT molecular complexity index is 618. The molecule has 0 radical (unpaired) electrons. The number of anilines is 1. The highest BCUT2D eigenvalue weighted by Crippen LogP contribution is 2.37. The molecular weight excluding hydrogens is 318 g/mol. The van der Waals surface area contributed by atoms with Crippen molar-refractivity contribution < 1.29 is 4.74 Å². The molecule has 0 amide bonds. The van der Waals surface area contributed by atoms with Crippen molar-refractivity contribution in [3.8, 4) is 5.75 Å². The Morgan fingerprint density at radius 2 is 2.25 bits per heavy atom. The lowest BCUT2D eigenvalue weighted by molar-refractivity contribution is 0.340. The molecule has 5 heteroatoms. The number of benzene rings is 1. The van der Waals surface area contributed by atoms with Crippen molar-refractivity contribution in [3.05, 3.63) is 46.3 Å². The summed E-state index contributed by atoms with van der Waals surface area (Å²) in [6.07, 6.45) is 2.86. The van der Waals surface area contributed by atoms with E-state index in [1.165, 1.54) is 0 Å². The van der Waals surface area contributed by atoms with E-state index in [2.05, 4.69) is 44.2 Å². The molecule has 0 bridgehead atoms. The Labute approximate surface area is 126 Å². The van der Waals surface area contributed by atoms with Crippen LogP contribution in [-0.4, -0.2) is 23.1 Å². The lowest BCUT2D eigenvalue weighted by Crippen LogP contribution is -2.11.